The summed E-state index contributed by atoms with van der Waals surface area (Å²) < 4.78 is 17.1. The van der Waals surface area contributed by atoms with E-state index < -0.39 is 0 Å². The molecular weight excluding hydrogens is 392 g/mol. The SMILES string of the molecule is COc1cc([C@H](C)NC(=O)c2cccc(Oc3ccncc3)c2)ccc1OCC(C)C. The summed E-state index contributed by atoms with van der Waals surface area (Å²) in [7, 11) is 1.61. The van der Waals surface area contributed by atoms with Gasteiger partial charge in [-0.25, -0.2) is 0 Å². The van der Waals surface area contributed by atoms with E-state index in [1.54, 1.807) is 55.9 Å². The molecular formula is C25H28N2O4. The van der Waals surface area contributed by atoms with Crippen molar-refractivity contribution in [3.8, 4) is 23.0 Å². The average molecular weight is 421 g/mol. The van der Waals surface area contributed by atoms with Crippen molar-refractivity contribution in [1.29, 1.82) is 0 Å². The number of amides is 1. The number of carbonyl (C=O) groups is 1. The van der Waals surface area contributed by atoms with Gasteiger partial charge in [0.2, 0.25) is 0 Å². The molecule has 0 bridgehead atoms. The van der Waals surface area contributed by atoms with E-state index in [1.165, 1.54) is 0 Å². The third-order valence-electron chi connectivity index (χ3n) is 4.59. The third-order valence-corrected chi connectivity index (χ3v) is 4.59. The molecule has 0 aliphatic carbocycles. The number of methoxy groups -OCH3 is 1. The minimum absolute atomic E-state index is 0.188. The number of rotatable bonds is 9. The first-order valence-corrected chi connectivity index (χ1v) is 10.3. The normalized spacial score (nSPS) is 11.6. The van der Waals surface area contributed by atoms with Crippen LogP contribution in [-0.2, 0) is 0 Å². The summed E-state index contributed by atoms with van der Waals surface area (Å²) >= 11 is 0. The molecule has 1 amide bonds. The lowest BCUT2D eigenvalue weighted by Crippen LogP contribution is -2.26. The van der Waals surface area contributed by atoms with Crippen LogP contribution < -0.4 is 19.5 Å². The highest BCUT2D eigenvalue weighted by atomic mass is 16.5. The van der Waals surface area contributed by atoms with Gasteiger partial charge in [-0.15, -0.1) is 0 Å². The molecule has 31 heavy (non-hydrogen) atoms. The molecule has 0 radical (unpaired) electrons. The fourth-order valence-electron chi connectivity index (χ4n) is 2.94. The summed E-state index contributed by atoms with van der Waals surface area (Å²) in [6, 6.07) is 16.1. The summed E-state index contributed by atoms with van der Waals surface area (Å²) in [4.78, 5) is 16.8. The average Bonchev–Trinajstić information content (AvgIpc) is 2.78. The summed E-state index contributed by atoms with van der Waals surface area (Å²) in [6.07, 6.45) is 3.31. The maximum Gasteiger partial charge on any atom is 0.251 e. The van der Waals surface area contributed by atoms with Gasteiger partial charge in [-0.2, -0.15) is 0 Å². The van der Waals surface area contributed by atoms with Crippen molar-refractivity contribution in [2.24, 2.45) is 5.92 Å². The Morgan fingerprint density at radius 3 is 2.45 bits per heavy atom. The molecule has 0 spiro atoms. The Balaban J connectivity index is 1.68. The van der Waals surface area contributed by atoms with Crippen molar-refractivity contribution in [2.45, 2.75) is 26.8 Å². The Morgan fingerprint density at radius 1 is 0.968 bits per heavy atom. The first-order valence-electron chi connectivity index (χ1n) is 10.3. The van der Waals surface area contributed by atoms with Crippen LogP contribution in [0.25, 0.3) is 0 Å². The first-order chi connectivity index (χ1) is 15.0. The second kappa shape index (κ2) is 10.5. The zero-order valence-corrected chi connectivity index (χ0v) is 18.3. The lowest BCUT2D eigenvalue weighted by atomic mass is 10.1. The molecule has 0 fully saturated rings. The minimum Gasteiger partial charge on any atom is -0.493 e. The maximum atomic E-state index is 12.8. The van der Waals surface area contributed by atoms with Gasteiger partial charge in [0, 0.05) is 18.0 Å². The van der Waals surface area contributed by atoms with Crippen LogP contribution in [0.5, 0.6) is 23.0 Å². The maximum absolute atomic E-state index is 12.8. The molecule has 162 valence electrons. The van der Waals surface area contributed by atoms with Crippen molar-refractivity contribution in [2.75, 3.05) is 13.7 Å². The van der Waals surface area contributed by atoms with Gasteiger partial charge in [0.25, 0.3) is 5.91 Å². The highest BCUT2D eigenvalue weighted by molar-refractivity contribution is 5.94. The van der Waals surface area contributed by atoms with Crippen LogP contribution in [0.15, 0.2) is 67.0 Å². The predicted octanol–water partition coefficient (Wildman–Crippen LogP) is 5.41. The van der Waals surface area contributed by atoms with Crippen molar-refractivity contribution < 1.29 is 19.0 Å². The fraction of sp³-hybridized carbons (Fsp3) is 0.280. The summed E-state index contributed by atoms with van der Waals surface area (Å²) in [5.41, 5.74) is 1.44. The third kappa shape index (κ3) is 6.22. The van der Waals surface area contributed by atoms with Crippen LogP contribution in [-0.4, -0.2) is 24.6 Å². The van der Waals surface area contributed by atoms with Crippen LogP contribution >= 0.6 is 0 Å². The number of hydrogen-bond donors (Lipinski definition) is 1. The number of hydrogen-bond acceptors (Lipinski definition) is 5. The first kappa shape index (κ1) is 22.2. The summed E-state index contributed by atoms with van der Waals surface area (Å²) in [6.45, 7) is 6.73. The van der Waals surface area contributed by atoms with E-state index in [4.69, 9.17) is 14.2 Å². The van der Waals surface area contributed by atoms with Crippen molar-refractivity contribution in [3.63, 3.8) is 0 Å². The van der Waals surface area contributed by atoms with Crippen molar-refractivity contribution in [3.05, 3.63) is 78.1 Å². The van der Waals surface area contributed by atoms with Gasteiger partial charge in [-0.3, -0.25) is 9.78 Å². The molecule has 2 aromatic carbocycles. The molecule has 1 heterocycles. The molecule has 0 saturated carbocycles. The van der Waals surface area contributed by atoms with E-state index in [0.29, 0.717) is 41.1 Å². The lowest BCUT2D eigenvalue weighted by molar-refractivity contribution is 0.0939. The van der Waals surface area contributed by atoms with Crippen molar-refractivity contribution >= 4 is 5.91 Å². The number of nitrogens with one attached hydrogen (secondary N) is 1. The van der Waals surface area contributed by atoms with Gasteiger partial charge in [0.1, 0.15) is 11.5 Å². The molecule has 3 aromatic rings. The van der Waals surface area contributed by atoms with Crippen LogP contribution in [0.4, 0.5) is 0 Å². The van der Waals surface area contributed by atoms with Gasteiger partial charge in [-0.05, 0) is 60.9 Å². The van der Waals surface area contributed by atoms with Gasteiger partial charge in [0.15, 0.2) is 11.5 Å². The van der Waals surface area contributed by atoms with E-state index in [9.17, 15) is 4.79 Å². The number of ether oxygens (including phenoxy) is 3. The molecule has 0 unspecified atom stereocenters. The van der Waals surface area contributed by atoms with Gasteiger partial charge >= 0.3 is 0 Å². The smallest absolute Gasteiger partial charge is 0.251 e. The molecule has 1 N–H and O–H groups in total. The highest BCUT2D eigenvalue weighted by Gasteiger charge is 2.15. The van der Waals surface area contributed by atoms with Crippen LogP contribution in [0.2, 0.25) is 0 Å². The lowest BCUT2D eigenvalue weighted by Gasteiger charge is -2.18. The molecule has 0 aliphatic rings. The minimum atomic E-state index is -0.217. The van der Waals surface area contributed by atoms with E-state index >= 15 is 0 Å². The molecule has 1 aromatic heterocycles. The van der Waals surface area contributed by atoms with Crippen LogP contribution in [0.1, 0.15) is 42.7 Å². The Kier molecular flexibility index (Phi) is 7.49. The van der Waals surface area contributed by atoms with Crippen LogP contribution in [0.3, 0.4) is 0 Å². The zero-order chi connectivity index (χ0) is 22.2. The topological polar surface area (TPSA) is 69.7 Å². The Labute approximate surface area is 183 Å². The number of carbonyl (C=O) groups excluding carboxylic acids is 1. The van der Waals surface area contributed by atoms with Gasteiger partial charge in [-0.1, -0.05) is 26.0 Å². The number of nitrogens with zero attached hydrogens (tertiary/aromatic N) is 1. The second-order valence-corrected chi connectivity index (χ2v) is 7.62. The van der Waals surface area contributed by atoms with E-state index in [0.717, 1.165) is 5.56 Å². The summed E-state index contributed by atoms with van der Waals surface area (Å²) in [5.74, 6) is 2.81. The number of benzene rings is 2. The van der Waals surface area contributed by atoms with E-state index in [1.807, 2.05) is 25.1 Å². The Hall–Kier alpha value is -3.54. The molecule has 1 atom stereocenters. The second-order valence-electron chi connectivity index (χ2n) is 7.62. The Morgan fingerprint density at radius 2 is 1.74 bits per heavy atom. The van der Waals surface area contributed by atoms with E-state index in [2.05, 4.69) is 24.1 Å². The van der Waals surface area contributed by atoms with Gasteiger partial charge < -0.3 is 19.5 Å². The predicted molar refractivity (Wildman–Crippen MR) is 120 cm³/mol. The molecule has 0 aliphatic heterocycles. The number of pyridine rings is 1. The Bertz CT molecular complexity index is 1010. The van der Waals surface area contributed by atoms with E-state index in [-0.39, 0.29) is 11.9 Å². The molecule has 6 nitrogen and oxygen atoms in total. The van der Waals surface area contributed by atoms with Gasteiger partial charge in [0.05, 0.1) is 19.8 Å². The monoisotopic (exact) mass is 420 g/mol. The molecule has 0 saturated heterocycles. The van der Waals surface area contributed by atoms with Crippen LogP contribution in [0, 0.1) is 5.92 Å². The summed E-state index contributed by atoms with van der Waals surface area (Å²) in [5, 5.41) is 3.02. The molecule has 3 rings (SSSR count). The largest absolute Gasteiger partial charge is 0.493 e. The fourth-order valence-corrected chi connectivity index (χ4v) is 2.94. The molecule has 6 heteroatoms. The standard InChI is InChI=1S/C25H28N2O4/c1-17(2)16-30-23-9-8-19(15-24(23)29-4)18(3)27-25(28)20-6-5-7-22(14-20)31-21-10-12-26-13-11-21/h5-15,17-18H,16H2,1-4H3,(H,27,28)/t18-/m0/s1. The zero-order valence-electron chi connectivity index (χ0n) is 18.3. The quantitative estimate of drug-likeness (QED) is 0.501. The van der Waals surface area contributed by atoms with Crippen molar-refractivity contribution in [1.82, 2.24) is 10.3 Å². The highest BCUT2D eigenvalue weighted by Crippen LogP contribution is 2.31. The number of aromatic nitrogens is 1.